The van der Waals surface area contributed by atoms with Gasteiger partial charge in [-0.1, -0.05) is 0 Å². The third-order valence-electron chi connectivity index (χ3n) is 4.79. The smallest absolute Gasteiger partial charge is 0.160 e. The summed E-state index contributed by atoms with van der Waals surface area (Å²) in [7, 11) is 2.21. The second kappa shape index (κ2) is 5.61. The molecule has 0 saturated carbocycles. The number of fused-ring (bicyclic) bond motifs is 1. The first-order valence-corrected chi connectivity index (χ1v) is 9.07. The van der Waals surface area contributed by atoms with Crippen LogP contribution in [0.5, 0.6) is 0 Å². The number of nitrogens with zero attached hydrogens (tertiary/aromatic N) is 4. The number of hydrogen-bond acceptors (Lipinski definition) is 4. The second-order valence-corrected chi connectivity index (χ2v) is 7.50. The number of pyridine rings is 1. The summed E-state index contributed by atoms with van der Waals surface area (Å²) in [6.07, 6.45) is 5.63. The van der Waals surface area contributed by atoms with Crippen LogP contribution in [0, 0.1) is 0 Å². The highest BCUT2D eigenvalue weighted by molar-refractivity contribution is 7.99. The van der Waals surface area contributed by atoms with Gasteiger partial charge in [0, 0.05) is 24.7 Å². The first-order chi connectivity index (χ1) is 10.3. The van der Waals surface area contributed by atoms with E-state index in [2.05, 4.69) is 39.3 Å². The molecule has 0 amide bonds. The standard InChI is InChI=1S/C16H22N4S/c1-19-8-4-12(11-19)15-18-14-3-2-7-17-16(14)20(15)13-5-9-21-10-6-13/h2-3,7,12-13H,4-6,8-11H2,1H3. The molecular formula is C16H22N4S. The zero-order chi connectivity index (χ0) is 14.2. The molecular weight excluding hydrogens is 280 g/mol. The van der Waals surface area contributed by atoms with Gasteiger partial charge in [0.05, 0.1) is 0 Å². The minimum absolute atomic E-state index is 0.568. The van der Waals surface area contributed by atoms with Gasteiger partial charge in [-0.3, -0.25) is 0 Å². The van der Waals surface area contributed by atoms with Crippen LogP contribution in [-0.2, 0) is 0 Å². The van der Waals surface area contributed by atoms with Crippen LogP contribution in [0.4, 0.5) is 0 Å². The van der Waals surface area contributed by atoms with Gasteiger partial charge in [0.15, 0.2) is 5.65 Å². The summed E-state index contributed by atoms with van der Waals surface area (Å²) in [5.41, 5.74) is 2.17. The van der Waals surface area contributed by atoms with Crippen molar-refractivity contribution in [3.8, 4) is 0 Å². The fraction of sp³-hybridized carbons (Fsp3) is 0.625. The normalized spacial score (nSPS) is 24.9. The van der Waals surface area contributed by atoms with Crippen molar-refractivity contribution in [1.29, 1.82) is 0 Å². The Morgan fingerprint density at radius 2 is 2.10 bits per heavy atom. The van der Waals surface area contributed by atoms with E-state index < -0.39 is 0 Å². The average Bonchev–Trinajstić information content (AvgIpc) is 3.11. The lowest BCUT2D eigenvalue weighted by molar-refractivity contribution is 0.400. The molecule has 0 aromatic carbocycles. The first kappa shape index (κ1) is 13.6. The van der Waals surface area contributed by atoms with Crippen LogP contribution in [-0.4, -0.2) is 51.1 Å². The molecule has 1 atom stereocenters. The lowest BCUT2D eigenvalue weighted by Gasteiger charge is -2.26. The molecule has 2 saturated heterocycles. The summed E-state index contributed by atoms with van der Waals surface area (Å²) in [5, 5.41) is 0. The van der Waals surface area contributed by atoms with Gasteiger partial charge in [0.2, 0.25) is 0 Å². The molecule has 4 heterocycles. The van der Waals surface area contributed by atoms with Gasteiger partial charge in [-0.15, -0.1) is 0 Å². The molecule has 5 heteroatoms. The van der Waals surface area contributed by atoms with Crippen LogP contribution in [0.3, 0.4) is 0 Å². The predicted octanol–water partition coefficient (Wildman–Crippen LogP) is 2.92. The Balaban J connectivity index is 1.80. The molecule has 0 bridgehead atoms. The van der Waals surface area contributed by atoms with Crippen molar-refractivity contribution in [2.75, 3.05) is 31.6 Å². The van der Waals surface area contributed by atoms with Crippen molar-refractivity contribution in [3.63, 3.8) is 0 Å². The van der Waals surface area contributed by atoms with Gasteiger partial charge in [0.25, 0.3) is 0 Å². The van der Waals surface area contributed by atoms with Crippen LogP contribution < -0.4 is 0 Å². The summed E-state index contributed by atoms with van der Waals surface area (Å²) in [4.78, 5) is 12.0. The fourth-order valence-corrected chi connectivity index (χ4v) is 4.77. The number of imidazole rings is 1. The molecule has 2 aromatic heterocycles. The number of likely N-dealkylation sites (N-methyl/N-ethyl adjacent to an activating group) is 1. The van der Waals surface area contributed by atoms with E-state index in [1.54, 1.807) is 0 Å². The Morgan fingerprint density at radius 1 is 1.24 bits per heavy atom. The monoisotopic (exact) mass is 302 g/mol. The van der Waals surface area contributed by atoms with Crippen molar-refractivity contribution in [2.45, 2.75) is 31.2 Å². The Labute approximate surface area is 129 Å². The summed E-state index contributed by atoms with van der Waals surface area (Å²) in [5.74, 6) is 4.38. The number of hydrogen-bond donors (Lipinski definition) is 0. The third-order valence-corrected chi connectivity index (χ3v) is 5.84. The van der Waals surface area contributed by atoms with Crippen LogP contribution in [0.15, 0.2) is 18.3 Å². The molecule has 2 fully saturated rings. The van der Waals surface area contributed by atoms with Gasteiger partial charge in [-0.05, 0) is 56.5 Å². The quantitative estimate of drug-likeness (QED) is 0.854. The largest absolute Gasteiger partial charge is 0.309 e. The molecule has 21 heavy (non-hydrogen) atoms. The third kappa shape index (κ3) is 2.46. The Kier molecular flexibility index (Phi) is 3.63. The van der Waals surface area contributed by atoms with E-state index in [9.17, 15) is 0 Å². The number of rotatable bonds is 2. The van der Waals surface area contributed by atoms with E-state index in [0.717, 1.165) is 17.7 Å². The molecule has 0 spiro atoms. The van der Waals surface area contributed by atoms with Gasteiger partial charge < -0.3 is 9.47 Å². The molecule has 2 aliphatic rings. The van der Waals surface area contributed by atoms with E-state index in [1.807, 2.05) is 12.3 Å². The lowest BCUT2D eigenvalue weighted by Crippen LogP contribution is -2.21. The van der Waals surface area contributed by atoms with Crippen molar-refractivity contribution < 1.29 is 0 Å². The maximum Gasteiger partial charge on any atom is 0.160 e. The molecule has 0 radical (unpaired) electrons. The number of aromatic nitrogens is 3. The highest BCUT2D eigenvalue weighted by Gasteiger charge is 2.30. The maximum absolute atomic E-state index is 4.97. The Hall–Kier alpha value is -1.07. The summed E-state index contributed by atoms with van der Waals surface area (Å²) in [6.45, 7) is 2.31. The zero-order valence-corrected chi connectivity index (χ0v) is 13.4. The van der Waals surface area contributed by atoms with Crippen LogP contribution >= 0.6 is 11.8 Å². The number of likely N-dealkylation sites (tertiary alicyclic amines) is 1. The van der Waals surface area contributed by atoms with Gasteiger partial charge >= 0.3 is 0 Å². The molecule has 0 aliphatic carbocycles. The predicted molar refractivity (Wildman–Crippen MR) is 88.0 cm³/mol. The summed E-state index contributed by atoms with van der Waals surface area (Å²) < 4.78 is 2.48. The van der Waals surface area contributed by atoms with Crippen molar-refractivity contribution in [3.05, 3.63) is 24.2 Å². The fourth-order valence-electron chi connectivity index (χ4n) is 3.68. The highest BCUT2D eigenvalue weighted by atomic mass is 32.2. The van der Waals surface area contributed by atoms with Crippen molar-refractivity contribution >= 4 is 22.9 Å². The molecule has 1 unspecified atom stereocenters. The molecule has 0 N–H and O–H groups in total. The van der Waals surface area contributed by atoms with Gasteiger partial charge in [0.1, 0.15) is 11.3 Å². The summed E-state index contributed by atoms with van der Waals surface area (Å²) >= 11 is 2.08. The van der Waals surface area contributed by atoms with E-state index in [1.165, 1.54) is 43.1 Å². The Bertz CT molecular complexity index is 632. The molecule has 4 nitrogen and oxygen atoms in total. The minimum atomic E-state index is 0.568. The van der Waals surface area contributed by atoms with Gasteiger partial charge in [-0.2, -0.15) is 11.8 Å². The maximum atomic E-state index is 4.97. The highest BCUT2D eigenvalue weighted by Crippen LogP contribution is 2.35. The first-order valence-electron chi connectivity index (χ1n) is 7.92. The zero-order valence-electron chi connectivity index (χ0n) is 12.5. The van der Waals surface area contributed by atoms with Gasteiger partial charge in [-0.25, -0.2) is 9.97 Å². The van der Waals surface area contributed by atoms with Crippen molar-refractivity contribution in [2.24, 2.45) is 0 Å². The number of thioether (sulfide) groups is 1. The van der Waals surface area contributed by atoms with Crippen LogP contribution in [0.2, 0.25) is 0 Å². The van der Waals surface area contributed by atoms with Crippen LogP contribution in [0.1, 0.15) is 37.0 Å². The minimum Gasteiger partial charge on any atom is -0.309 e. The van der Waals surface area contributed by atoms with E-state index in [4.69, 9.17) is 4.98 Å². The molecule has 112 valence electrons. The lowest BCUT2D eigenvalue weighted by atomic mass is 10.1. The molecule has 2 aromatic rings. The van der Waals surface area contributed by atoms with Crippen LogP contribution in [0.25, 0.3) is 11.2 Å². The average molecular weight is 302 g/mol. The Morgan fingerprint density at radius 3 is 2.86 bits per heavy atom. The SMILES string of the molecule is CN1CCC(c2nc3cccnc3n2C2CCSCC2)C1. The van der Waals surface area contributed by atoms with E-state index in [0.29, 0.717) is 12.0 Å². The van der Waals surface area contributed by atoms with Crippen molar-refractivity contribution in [1.82, 2.24) is 19.4 Å². The summed E-state index contributed by atoms with van der Waals surface area (Å²) in [6, 6.07) is 4.70. The van der Waals surface area contributed by atoms with E-state index in [-0.39, 0.29) is 0 Å². The molecule has 2 aliphatic heterocycles. The van der Waals surface area contributed by atoms with E-state index >= 15 is 0 Å². The molecule has 4 rings (SSSR count). The second-order valence-electron chi connectivity index (χ2n) is 6.28. The topological polar surface area (TPSA) is 34.0 Å².